The van der Waals surface area contributed by atoms with Crippen LogP contribution in [-0.4, -0.2) is 28.3 Å². The highest BCUT2D eigenvalue weighted by Crippen LogP contribution is 2.32. The molecular formula is C21H23ClFN3O. The number of nitrogens with zero attached hydrogens (tertiary/aromatic N) is 2. The number of hydrogen-bond acceptors (Lipinski definition) is 3. The fraction of sp³-hybridized carbons (Fsp3) is 0.381. The first-order valence-corrected chi connectivity index (χ1v) is 9.63. The number of benzene rings is 1. The molecule has 0 saturated carbocycles. The minimum Gasteiger partial charge on any atom is -0.383 e. The fourth-order valence-electron chi connectivity index (χ4n) is 3.83. The molecule has 0 fully saturated rings. The van der Waals surface area contributed by atoms with Gasteiger partial charge in [-0.05, 0) is 45.0 Å². The van der Waals surface area contributed by atoms with E-state index in [1.54, 1.807) is 6.07 Å². The second-order valence-electron chi connectivity index (χ2n) is 7.28. The summed E-state index contributed by atoms with van der Waals surface area (Å²) in [6, 6.07) is 5.10. The summed E-state index contributed by atoms with van der Waals surface area (Å²) in [6.07, 6.45) is 5.14. The third kappa shape index (κ3) is 3.54. The van der Waals surface area contributed by atoms with Crippen LogP contribution in [0.4, 0.5) is 4.39 Å². The molecular weight excluding hydrogens is 365 g/mol. The summed E-state index contributed by atoms with van der Waals surface area (Å²) in [5.74, 6) is 0.322. The lowest BCUT2D eigenvalue weighted by atomic mass is 10.0. The summed E-state index contributed by atoms with van der Waals surface area (Å²) < 4.78 is 22.1. The van der Waals surface area contributed by atoms with Gasteiger partial charge in [-0.1, -0.05) is 17.7 Å². The molecule has 2 aliphatic heterocycles. The number of dihydropyridines is 1. The minimum atomic E-state index is -0.434. The molecule has 6 heteroatoms. The molecule has 0 amide bonds. The summed E-state index contributed by atoms with van der Waals surface area (Å²) >= 11 is 5.87. The molecule has 1 aromatic heterocycles. The zero-order valence-electron chi connectivity index (χ0n) is 15.7. The van der Waals surface area contributed by atoms with Gasteiger partial charge in [0.1, 0.15) is 11.6 Å². The van der Waals surface area contributed by atoms with Gasteiger partial charge in [-0.2, -0.15) is 0 Å². The summed E-state index contributed by atoms with van der Waals surface area (Å²) in [6.45, 7) is 7.56. The van der Waals surface area contributed by atoms with E-state index in [0.717, 1.165) is 40.5 Å². The van der Waals surface area contributed by atoms with E-state index in [1.807, 2.05) is 6.07 Å². The first-order valence-electron chi connectivity index (χ1n) is 9.26. The smallest absolute Gasteiger partial charge is 0.142 e. The van der Waals surface area contributed by atoms with Gasteiger partial charge in [0.15, 0.2) is 0 Å². The number of aromatic nitrogens is 2. The van der Waals surface area contributed by atoms with E-state index in [0.29, 0.717) is 13.2 Å². The number of fused-ring (bicyclic) bond motifs is 1. The van der Waals surface area contributed by atoms with Gasteiger partial charge in [0.25, 0.3) is 0 Å². The van der Waals surface area contributed by atoms with Crippen molar-refractivity contribution in [1.29, 1.82) is 0 Å². The molecule has 1 aromatic carbocycles. The molecule has 0 aliphatic carbocycles. The standard InChI is InChI=1S/C21H23ClFN3O/c1-12-8-16(9-13(2)24-12)20-19-6-7-27-14(3)11-26(19)21(25-20)15-4-5-17(22)18(23)10-15/h4-5,8-10,12,14,24H,6-7,11H2,1-3H3. The van der Waals surface area contributed by atoms with Crippen molar-refractivity contribution in [3.05, 3.63) is 58.3 Å². The highest BCUT2D eigenvalue weighted by molar-refractivity contribution is 6.30. The Balaban J connectivity index is 1.89. The molecule has 27 heavy (non-hydrogen) atoms. The van der Waals surface area contributed by atoms with Crippen LogP contribution in [0.15, 0.2) is 36.0 Å². The van der Waals surface area contributed by atoms with Crippen LogP contribution in [0.3, 0.4) is 0 Å². The molecule has 2 aliphatic rings. The number of imidazole rings is 1. The predicted molar refractivity (Wildman–Crippen MR) is 106 cm³/mol. The largest absolute Gasteiger partial charge is 0.383 e. The van der Waals surface area contributed by atoms with Crippen molar-refractivity contribution in [3.63, 3.8) is 0 Å². The highest BCUT2D eigenvalue weighted by atomic mass is 35.5. The Kier molecular flexibility index (Phi) is 4.82. The summed E-state index contributed by atoms with van der Waals surface area (Å²) in [4.78, 5) is 4.96. The maximum absolute atomic E-state index is 14.1. The molecule has 0 spiro atoms. The maximum atomic E-state index is 14.1. The van der Waals surface area contributed by atoms with Crippen molar-refractivity contribution in [2.24, 2.45) is 0 Å². The highest BCUT2D eigenvalue weighted by Gasteiger charge is 2.25. The monoisotopic (exact) mass is 387 g/mol. The molecule has 0 bridgehead atoms. The van der Waals surface area contributed by atoms with Gasteiger partial charge in [-0.25, -0.2) is 9.37 Å². The first-order chi connectivity index (χ1) is 12.9. The van der Waals surface area contributed by atoms with Crippen LogP contribution in [0.1, 0.15) is 32.2 Å². The molecule has 2 aromatic rings. The summed E-state index contributed by atoms with van der Waals surface area (Å²) in [5, 5.41) is 3.51. The Morgan fingerprint density at radius 3 is 2.89 bits per heavy atom. The van der Waals surface area contributed by atoms with Crippen molar-refractivity contribution in [2.75, 3.05) is 6.61 Å². The third-order valence-corrected chi connectivity index (χ3v) is 5.27. The van der Waals surface area contributed by atoms with Gasteiger partial charge >= 0.3 is 0 Å². The Morgan fingerprint density at radius 1 is 1.33 bits per heavy atom. The molecule has 2 atom stereocenters. The molecule has 1 N–H and O–H groups in total. The lowest BCUT2D eigenvalue weighted by Crippen LogP contribution is -2.25. The molecule has 4 rings (SSSR count). The molecule has 142 valence electrons. The fourth-order valence-corrected chi connectivity index (χ4v) is 3.95. The second kappa shape index (κ2) is 7.13. The molecule has 0 radical (unpaired) electrons. The van der Waals surface area contributed by atoms with Gasteiger partial charge < -0.3 is 14.6 Å². The van der Waals surface area contributed by atoms with Crippen molar-refractivity contribution >= 4 is 17.2 Å². The Morgan fingerprint density at radius 2 is 2.15 bits per heavy atom. The summed E-state index contributed by atoms with van der Waals surface area (Å²) in [5.41, 5.74) is 5.01. The second-order valence-corrected chi connectivity index (χ2v) is 7.69. The van der Waals surface area contributed by atoms with Crippen LogP contribution in [0, 0.1) is 5.82 Å². The molecule has 2 unspecified atom stereocenters. The first kappa shape index (κ1) is 18.3. The van der Waals surface area contributed by atoms with Crippen LogP contribution < -0.4 is 5.32 Å². The Bertz CT molecular complexity index is 947. The Hall–Kier alpha value is -2.11. The molecule has 3 heterocycles. The molecule has 4 nitrogen and oxygen atoms in total. The van der Waals surface area contributed by atoms with Crippen molar-refractivity contribution in [2.45, 2.75) is 45.9 Å². The SMILES string of the molecule is CC1=CC(c2nc(-c3ccc(Cl)c(F)c3)n3c2CCOC(C)C3)=CC(C)N1. The normalized spacial score (nSPS) is 22.4. The van der Waals surface area contributed by atoms with Crippen LogP contribution in [0.5, 0.6) is 0 Å². The maximum Gasteiger partial charge on any atom is 0.142 e. The number of nitrogens with one attached hydrogen (secondary N) is 1. The van der Waals surface area contributed by atoms with E-state index in [4.69, 9.17) is 21.3 Å². The van der Waals surface area contributed by atoms with E-state index < -0.39 is 5.82 Å². The van der Waals surface area contributed by atoms with E-state index in [2.05, 4.69) is 42.8 Å². The van der Waals surface area contributed by atoms with Gasteiger partial charge in [-0.3, -0.25) is 0 Å². The lowest BCUT2D eigenvalue weighted by molar-refractivity contribution is 0.0666. The number of hydrogen-bond donors (Lipinski definition) is 1. The number of ether oxygens (including phenoxy) is 1. The molecule has 0 saturated heterocycles. The van der Waals surface area contributed by atoms with Crippen molar-refractivity contribution in [3.8, 4) is 11.4 Å². The number of halogens is 2. The van der Waals surface area contributed by atoms with E-state index in [1.165, 1.54) is 6.07 Å². The van der Waals surface area contributed by atoms with Crippen LogP contribution in [0.25, 0.3) is 17.0 Å². The van der Waals surface area contributed by atoms with Crippen molar-refractivity contribution in [1.82, 2.24) is 14.9 Å². The van der Waals surface area contributed by atoms with E-state index >= 15 is 0 Å². The van der Waals surface area contributed by atoms with Crippen LogP contribution in [-0.2, 0) is 17.7 Å². The van der Waals surface area contributed by atoms with E-state index in [9.17, 15) is 4.39 Å². The van der Waals surface area contributed by atoms with Gasteiger partial charge in [0, 0.05) is 35.0 Å². The predicted octanol–water partition coefficient (Wildman–Crippen LogP) is 4.58. The van der Waals surface area contributed by atoms with Gasteiger partial charge in [0.2, 0.25) is 0 Å². The quantitative estimate of drug-likeness (QED) is 0.819. The number of rotatable bonds is 2. The average molecular weight is 388 g/mol. The topological polar surface area (TPSA) is 39.1 Å². The zero-order chi connectivity index (χ0) is 19.1. The Labute approximate surface area is 163 Å². The zero-order valence-corrected chi connectivity index (χ0v) is 16.5. The van der Waals surface area contributed by atoms with Crippen LogP contribution in [0.2, 0.25) is 5.02 Å². The minimum absolute atomic E-state index is 0.0717. The third-order valence-electron chi connectivity index (χ3n) is 4.96. The number of allylic oxidation sites excluding steroid dienone is 3. The van der Waals surface area contributed by atoms with Gasteiger partial charge in [-0.15, -0.1) is 0 Å². The van der Waals surface area contributed by atoms with Crippen LogP contribution >= 0.6 is 11.6 Å². The summed E-state index contributed by atoms with van der Waals surface area (Å²) in [7, 11) is 0. The van der Waals surface area contributed by atoms with E-state index in [-0.39, 0.29) is 17.2 Å². The van der Waals surface area contributed by atoms with Gasteiger partial charge in [0.05, 0.1) is 30.0 Å². The van der Waals surface area contributed by atoms with Crippen molar-refractivity contribution < 1.29 is 9.13 Å². The lowest BCUT2D eigenvalue weighted by Gasteiger charge is -2.19. The average Bonchev–Trinajstić information content (AvgIpc) is 2.83.